The molecule has 2 heterocycles. The predicted molar refractivity (Wildman–Crippen MR) is 90.4 cm³/mol. The zero-order valence-electron chi connectivity index (χ0n) is 12.2. The van der Waals surface area contributed by atoms with Crippen molar-refractivity contribution >= 4 is 34.8 Å². The number of nitrogens with zero attached hydrogens (tertiary/aromatic N) is 1. The van der Waals surface area contributed by atoms with E-state index in [2.05, 4.69) is 15.6 Å². The molecule has 120 valence electrons. The zero-order valence-corrected chi connectivity index (χ0v) is 13.7. The lowest BCUT2D eigenvalue weighted by molar-refractivity contribution is -0.117. The minimum Gasteiger partial charge on any atom is -0.438 e. The van der Waals surface area contributed by atoms with Gasteiger partial charge in [0, 0.05) is 11.9 Å². The molecule has 5 nitrogen and oxygen atoms in total. The number of anilines is 1. The number of ether oxygens (including phenoxy) is 1. The van der Waals surface area contributed by atoms with Gasteiger partial charge in [-0.05, 0) is 49.7 Å². The molecule has 1 amide bonds. The van der Waals surface area contributed by atoms with Crippen molar-refractivity contribution in [1.82, 2.24) is 10.3 Å². The molecular formula is C16H15Cl2N3O2. The molecule has 0 radical (unpaired) electrons. The summed E-state index contributed by atoms with van der Waals surface area (Å²) in [7, 11) is 0. The second-order valence-electron chi connectivity index (χ2n) is 5.21. The van der Waals surface area contributed by atoms with E-state index in [1.807, 2.05) is 0 Å². The van der Waals surface area contributed by atoms with Crippen LogP contribution in [-0.2, 0) is 4.79 Å². The highest BCUT2D eigenvalue weighted by Gasteiger charge is 2.21. The number of amides is 1. The van der Waals surface area contributed by atoms with Crippen molar-refractivity contribution in [3.8, 4) is 11.6 Å². The van der Waals surface area contributed by atoms with Crippen LogP contribution < -0.4 is 15.4 Å². The Labute approximate surface area is 144 Å². The zero-order chi connectivity index (χ0) is 16.2. The van der Waals surface area contributed by atoms with Crippen molar-refractivity contribution in [2.24, 2.45) is 0 Å². The summed E-state index contributed by atoms with van der Waals surface area (Å²) in [6, 6.07) is 8.48. The van der Waals surface area contributed by atoms with Crippen LogP contribution in [0.2, 0.25) is 10.0 Å². The van der Waals surface area contributed by atoms with Crippen molar-refractivity contribution in [1.29, 1.82) is 0 Å². The first-order valence-corrected chi connectivity index (χ1v) is 8.00. The van der Waals surface area contributed by atoms with Crippen LogP contribution in [-0.4, -0.2) is 23.5 Å². The van der Waals surface area contributed by atoms with Crippen molar-refractivity contribution in [3.05, 3.63) is 46.6 Å². The van der Waals surface area contributed by atoms with E-state index in [0.29, 0.717) is 21.5 Å². The van der Waals surface area contributed by atoms with Crippen molar-refractivity contribution in [2.75, 3.05) is 11.9 Å². The SMILES string of the molecule is O=C(Nc1ccc(Oc2ncc(Cl)cc2Cl)cc1)C1CCCN1. The molecule has 2 N–H and O–H groups in total. The van der Waals surface area contributed by atoms with Gasteiger partial charge >= 0.3 is 0 Å². The standard InChI is InChI=1S/C16H15Cl2N3O2/c17-10-8-13(18)16(20-9-10)23-12-5-3-11(4-6-12)21-15(22)14-2-1-7-19-14/h3-6,8-9,14,19H,1-2,7H2,(H,21,22). The second-order valence-corrected chi connectivity index (χ2v) is 6.05. The maximum atomic E-state index is 12.0. The monoisotopic (exact) mass is 351 g/mol. The van der Waals surface area contributed by atoms with Crippen LogP contribution in [0.3, 0.4) is 0 Å². The van der Waals surface area contributed by atoms with Crippen molar-refractivity contribution in [3.63, 3.8) is 0 Å². The number of halogens is 2. The minimum absolute atomic E-state index is 0.0152. The quantitative estimate of drug-likeness (QED) is 0.877. The van der Waals surface area contributed by atoms with Gasteiger partial charge in [-0.1, -0.05) is 23.2 Å². The van der Waals surface area contributed by atoms with Gasteiger partial charge in [-0.3, -0.25) is 4.79 Å². The lowest BCUT2D eigenvalue weighted by atomic mass is 10.2. The van der Waals surface area contributed by atoms with E-state index < -0.39 is 0 Å². The predicted octanol–water partition coefficient (Wildman–Crippen LogP) is 3.87. The van der Waals surface area contributed by atoms with Crippen LogP contribution in [0.1, 0.15) is 12.8 Å². The molecule has 0 saturated carbocycles. The number of aromatic nitrogens is 1. The summed E-state index contributed by atoms with van der Waals surface area (Å²) in [5.41, 5.74) is 0.714. The normalized spacial score (nSPS) is 17.0. The summed E-state index contributed by atoms with van der Waals surface area (Å²) in [5.74, 6) is 0.834. The molecule has 1 fully saturated rings. The first kappa shape index (κ1) is 16.1. The number of nitrogens with one attached hydrogen (secondary N) is 2. The van der Waals surface area contributed by atoms with E-state index in [-0.39, 0.29) is 17.8 Å². The molecule has 3 rings (SSSR count). The summed E-state index contributed by atoms with van der Waals surface area (Å²) in [4.78, 5) is 16.1. The highest BCUT2D eigenvalue weighted by Crippen LogP contribution is 2.29. The Morgan fingerprint density at radius 1 is 1.30 bits per heavy atom. The van der Waals surface area contributed by atoms with Gasteiger partial charge in [-0.15, -0.1) is 0 Å². The molecule has 0 spiro atoms. The van der Waals surface area contributed by atoms with Gasteiger partial charge in [-0.2, -0.15) is 0 Å². The molecule has 1 unspecified atom stereocenters. The molecule has 0 aliphatic carbocycles. The number of hydrogen-bond donors (Lipinski definition) is 2. The number of carbonyl (C=O) groups is 1. The number of benzene rings is 1. The summed E-state index contributed by atoms with van der Waals surface area (Å²) in [6.07, 6.45) is 3.36. The van der Waals surface area contributed by atoms with Crippen LogP contribution in [0.5, 0.6) is 11.6 Å². The molecule has 7 heteroatoms. The smallest absolute Gasteiger partial charge is 0.241 e. The number of pyridine rings is 1. The fourth-order valence-corrected chi connectivity index (χ4v) is 2.75. The Morgan fingerprint density at radius 2 is 2.09 bits per heavy atom. The molecule has 1 aromatic heterocycles. The molecule has 23 heavy (non-hydrogen) atoms. The van der Waals surface area contributed by atoms with Crippen LogP contribution >= 0.6 is 23.2 Å². The molecule has 1 aliphatic rings. The van der Waals surface area contributed by atoms with Gasteiger partial charge in [0.25, 0.3) is 0 Å². The molecule has 1 aliphatic heterocycles. The van der Waals surface area contributed by atoms with Crippen molar-refractivity contribution < 1.29 is 9.53 Å². The Bertz CT molecular complexity index is 701. The third kappa shape index (κ3) is 4.13. The summed E-state index contributed by atoms with van der Waals surface area (Å²) in [5, 5.41) is 6.82. The molecule has 0 bridgehead atoms. The van der Waals surface area contributed by atoms with Gasteiger partial charge in [0.2, 0.25) is 11.8 Å². The third-order valence-corrected chi connectivity index (χ3v) is 3.96. The summed E-state index contributed by atoms with van der Waals surface area (Å²) in [6.45, 7) is 0.889. The van der Waals surface area contributed by atoms with E-state index in [1.54, 1.807) is 30.3 Å². The van der Waals surface area contributed by atoms with Crippen LogP contribution in [0.15, 0.2) is 36.5 Å². The Balaban J connectivity index is 1.63. The van der Waals surface area contributed by atoms with Crippen LogP contribution in [0.25, 0.3) is 0 Å². The van der Waals surface area contributed by atoms with E-state index in [4.69, 9.17) is 27.9 Å². The highest BCUT2D eigenvalue weighted by atomic mass is 35.5. The van der Waals surface area contributed by atoms with Gasteiger partial charge in [0.05, 0.1) is 11.1 Å². The van der Waals surface area contributed by atoms with Gasteiger partial charge < -0.3 is 15.4 Å². The third-order valence-electron chi connectivity index (χ3n) is 3.49. The van der Waals surface area contributed by atoms with E-state index in [9.17, 15) is 4.79 Å². The first-order valence-electron chi connectivity index (χ1n) is 7.25. The Hall–Kier alpha value is -1.82. The largest absolute Gasteiger partial charge is 0.438 e. The Morgan fingerprint density at radius 3 is 2.74 bits per heavy atom. The summed E-state index contributed by atoms with van der Waals surface area (Å²) >= 11 is 11.8. The Kier molecular flexibility index (Phi) is 5.00. The van der Waals surface area contributed by atoms with E-state index in [0.717, 1.165) is 19.4 Å². The number of rotatable bonds is 4. The van der Waals surface area contributed by atoms with Crippen molar-refractivity contribution in [2.45, 2.75) is 18.9 Å². The second kappa shape index (κ2) is 7.17. The summed E-state index contributed by atoms with van der Waals surface area (Å²) < 4.78 is 5.60. The average Bonchev–Trinajstić information content (AvgIpc) is 3.06. The van der Waals surface area contributed by atoms with Crippen LogP contribution in [0.4, 0.5) is 5.69 Å². The maximum Gasteiger partial charge on any atom is 0.241 e. The fraction of sp³-hybridized carbons (Fsp3) is 0.250. The first-order chi connectivity index (χ1) is 11.1. The maximum absolute atomic E-state index is 12.0. The fourth-order valence-electron chi connectivity index (χ4n) is 2.33. The molecule has 2 aromatic rings. The van der Waals surface area contributed by atoms with Crippen LogP contribution in [0, 0.1) is 0 Å². The molecule has 1 aromatic carbocycles. The lowest BCUT2D eigenvalue weighted by Crippen LogP contribution is -2.35. The lowest BCUT2D eigenvalue weighted by Gasteiger charge is -2.12. The van der Waals surface area contributed by atoms with Gasteiger partial charge in [0.1, 0.15) is 10.8 Å². The minimum atomic E-state index is -0.108. The van der Waals surface area contributed by atoms with Gasteiger partial charge in [0.15, 0.2) is 0 Å². The van der Waals surface area contributed by atoms with E-state index in [1.165, 1.54) is 6.20 Å². The number of hydrogen-bond acceptors (Lipinski definition) is 4. The van der Waals surface area contributed by atoms with E-state index >= 15 is 0 Å². The average molecular weight is 352 g/mol. The number of carbonyl (C=O) groups excluding carboxylic acids is 1. The highest BCUT2D eigenvalue weighted by molar-refractivity contribution is 6.35. The molecular weight excluding hydrogens is 337 g/mol. The topological polar surface area (TPSA) is 63.2 Å². The molecule has 1 atom stereocenters. The van der Waals surface area contributed by atoms with Gasteiger partial charge in [-0.25, -0.2) is 4.98 Å². The molecule has 1 saturated heterocycles.